The molecule has 1 aromatic rings. The minimum Gasteiger partial charge on any atom is -0.508 e. The van der Waals surface area contributed by atoms with Crippen LogP contribution in [0.25, 0.3) is 0 Å². The summed E-state index contributed by atoms with van der Waals surface area (Å²) >= 11 is 0. The van der Waals surface area contributed by atoms with Crippen molar-refractivity contribution in [3.05, 3.63) is 23.8 Å². The summed E-state index contributed by atoms with van der Waals surface area (Å²) in [7, 11) is 0. The van der Waals surface area contributed by atoms with Gasteiger partial charge in [0, 0.05) is 12.0 Å². The van der Waals surface area contributed by atoms with E-state index in [-0.39, 0.29) is 17.1 Å². The Balaban J connectivity index is 2.37. The van der Waals surface area contributed by atoms with Crippen molar-refractivity contribution in [2.24, 2.45) is 0 Å². The fourth-order valence-corrected chi connectivity index (χ4v) is 2.59. The van der Waals surface area contributed by atoms with Crippen molar-refractivity contribution in [2.45, 2.75) is 84.5 Å². The Morgan fingerprint density at radius 3 is 2.26 bits per heavy atom. The summed E-state index contributed by atoms with van der Waals surface area (Å²) in [5.41, 5.74) is 0.601. The largest absolute Gasteiger partial charge is 0.508 e. The first-order valence-corrected chi connectivity index (χ1v) is 8.88. The van der Waals surface area contributed by atoms with Gasteiger partial charge in [-0.1, -0.05) is 66.2 Å². The van der Waals surface area contributed by atoms with Gasteiger partial charge in [0.15, 0.2) is 0 Å². The van der Waals surface area contributed by atoms with Crippen LogP contribution in [-0.4, -0.2) is 11.1 Å². The number of carbonyl (C=O) groups excluding carboxylic acids is 1. The summed E-state index contributed by atoms with van der Waals surface area (Å²) < 4.78 is 5.40. The van der Waals surface area contributed by atoms with E-state index < -0.39 is 0 Å². The highest BCUT2D eigenvalue weighted by Crippen LogP contribution is 2.33. The van der Waals surface area contributed by atoms with Gasteiger partial charge < -0.3 is 9.84 Å². The average molecular weight is 320 g/mol. The van der Waals surface area contributed by atoms with Gasteiger partial charge in [0.2, 0.25) is 0 Å². The van der Waals surface area contributed by atoms with Gasteiger partial charge in [-0.3, -0.25) is 4.79 Å². The first-order valence-electron chi connectivity index (χ1n) is 8.88. The number of phenolic OH excluding ortho intramolecular Hbond substituents is 1. The predicted octanol–water partition coefficient (Wildman–Crippen LogP) is 5.74. The van der Waals surface area contributed by atoms with E-state index in [0.717, 1.165) is 18.4 Å². The molecule has 23 heavy (non-hydrogen) atoms. The molecule has 130 valence electrons. The Kier molecular flexibility index (Phi) is 8.15. The average Bonchev–Trinajstić information content (AvgIpc) is 2.47. The molecule has 3 heteroatoms. The summed E-state index contributed by atoms with van der Waals surface area (Å²) in [5.74, 6) is 0.564. The van der Waals surface area contributed by atoms with Crippen LogP contribution >= 0.6 is 0 Å². The Morgan fingerprint density at radius 1 is 1.04 bits per heavy atom. The normalized spacial score (nSPS) is 11.5. The van der Waals surface area contributed by atoms with Crippen molar-refractivity contribution in [1.82, 2.24) is 0 Å². The molecule has 0 radical (unpaired) electrons. The summed E-state index contributed by atoms with van der Waals surface area (Å²) in [6.45, 7) is 8.27. The Bertz CT molecular complexity index is 486. The van der Waals surface area contributed by atoms with Crippen molar-refractivity contribution in [1.29, 1.82) is 0 Å². The predicted molar refractivity (Wildman–Crippen MR) is 95.1 cm³/mol. The number of unbranched alkanes of at least 4 members (excludes halogenated alkanes) is 6. The van der Waals surface area contributed by atoms with Crippen LogP contribution in [0.2, 0.25) is 0 Å². The van der Waals surface area contributed by atoms with E-state index in [1.807, 2.05) is 20.8 Å². The molecule has 0 aliphatic rings. The highest BCUT2D eigenvalue weighted by atomic mass is 16.5. The maximum Gasteiger partial charge on any atom is 0.311 e. The molecular formula is C20H32O3. The number of rotatable bonds is 9. The number of phenols is 1. The topological polar surface area (TPSA) is 46.5 Å². The number of esters is 1. The summed E-state index contributed by atoms with van der Waals surface area (Å²) in [4.78, 5) is 11.9. The van der Waals surface area contributed by atoms with Crippen LogP contribution in [0.1, 0.15) is 84.6 Å². The second kappa shape index (κ2) is 9.59. The zero-order valence-electron chi connectivity index (χ0n) is 15.2. The van der Waals surface area contributed by atoms with E-state index in [1.165, 1.54) is 32.1 Å². The molecule has 0 aliphatic carbocycles. The molecule has 0 heterocycles. The highest BCUT2D eigenvalue weighted by molar-refractivity contribution is 5.72. The molecule has 0 atom stereocenters. The van der Waals surface area contributed by atoms with Gasteiger partial charge in [-0.2, -0.15) is 0 Å². The first-order chi connectivity index (χ1) is 10.8. The molecule has 0 aliphatic heterocycles. The van der Waals surface area contributed by atoms with Crippen molar-refractivity contribution in [2.75, 3.05) is 0 Å². The first kappa shape index (κ1) is 19.5. The van der Waals surface area contributed by atoms with E-state index in [9.17, 15) is 9.90 Å². The molecule has 3 nitrogen and oxygen atoms in total. The quantitative estimate of drug-likeness (QED) is 0.359. The molecule has 1 rings (SSSR count). The van der Waals surface area contributed by atoms with Crippen LogP contribution in [0.5, 0.6) is 11.5 Å². The maximum atomic E-state index is 11.9. The van der Waals surface area contributed by atoms with Gasteiger partial charge >= 0.3 is 5.97 Å². The summed E-state index contributed by atoms with van der Waals surface area (Å²) in [6.07, 6.45) is 8.74. The Hall–Kier alpha value is -1.51. The summed E-state index contributed by atoms with van der Waals surface area (Å²) in [5, 5.41) is 9.93. The van der Waals surface area contributed by atoms with Crippen LogP contribution in [0, 0.1) is 0 Å². The minimum absolute atomic E-state index is 0.189. The van der Waals surface area contributed by atoms with E-state index in [0.29, 0.717) is 12.2 Å². The smallest absolute Gasteiger partial charge is 0.311 e. The second-order valence-electron chi connectivity index (χ2n) is 7.27. The third-order valence-corrected chi connectivity index (χ3v) is 3.99. The number of carbonyl (C=O) groups is 1. The fraction of sp³-hybridized carbons (Fsp3) is 0.650. The van der Waals surface area contributed by atoms with Crippen LogP contribution in [0.15, 0.2) is 18.2 Å². The number of aromatic hydroxyl groups is 1. The monoisotopic (exact) mass is 320 g/mol. The Morgan fingerprint density at radius 2 is 1.65 bits per heavy atom. The number of hydrogen-bond donors (Lipinski definition) is 1. The van der Waals surface area contributed by atoms with Crippen LogP contribution in [0.4, 0.5) is 0 Å². The molecule has 0 saturated carbocycles. The van der Waals surface area contributed by atoms with Gasteiger partial charge in [-0.25, -0.2) is 0 Å². The van der Waals surface area contributed by atoms with E-state index >= 15 is 0 Å². The number of hydrogen-bond acceptors (Lipinski definition) is 3. The molecule has 1 N–H and O–H groups in total. The zero-order chi connectivity index (χ0) is 17.3. The Labute approximate surface area is 141 Å². The van der Waals surface area contributed by atoms with Gasteiger partial charge in [0.25, 0.3) is 0 Å². The van der Waals surface area contributed by atoms with E-state index in [1.54, 1.807) is 18.2 Å². The van der Waals surface area contributed by atoms with E-state index in [2.05, 4.69) is 6.92 Å². The third-order valence-electron chi connectivity index (χ3n) is 3.99. The van der Waals surface area contributed by atoms with Crippen molar-refractivity contribution in [3.8, 4) is 11.5 Å². The molecule has 0 saturated heterocycles. The number of benzene rings is 1. The van der Waals surface area contributed by atoms with E-state index in [4.69, 9.17) is 4.74 Å². The lowest BCUT2D eigenvalue weighted by Crippen LogP contribution is -2.13. The maximum absolute atomic E-state index is 11.9. The van der Waals surface area contributed by atoms with Crippen molar-refractivity contribution in [3.63, 3.8) is 0 Å². The highest BCUT2D eigenvalue weighted by Gasteiger charge is 2.19. The molecular weight excluding hydrogens is 288 g/mol. The molecule has 0 spiro atoms. The van der Waals surface area contributed by atoms with Gasteiger partial charge in [-0.15, -0.1) is 0 Å². The standard InChI is InChI=1S/C20H32O3/c1-5-6-7-8-9-10-11-12-19(22)23-16-13-14-18(21)17(15-16)20(2,3)4/h13-15,21H,5-12H2,1-4H3. The summed E-state index contributed by atoms with van der Waals surface area (Å²) in [6, 6.07) is 5.00. The van der Waals surface area contributed by atoms with Crippen LogP contribution < -0.4 is 4.74 Å². The van der Waals surface area contributed by atoms with Crippen LogP contribution in [0.3, 0.4) is 0 Å². The molecule has 0 unspecified atom stereocenters. The number of ether oxygens (including phenoxy) is 1. The molecule has 0 aromatic heterocycles. The fourth-order valence-electron chi connectivity index (χ4n) is 2.59. The molecule has 1 aromatic carbocycles. The lowest BCUT2D eigenvalue weighted by molar-refractivity contribution is -0.134. The molecule has 0 bridgehead atoms. The van der Waals surface area contributed by atoms with Crippen molar-refractivity contribution >= 4 is 5.97 Å². The lowest BCUT2D eigenvalue weighted by Gasteiger charge is -2.21. The van der Waals surface area contributed by atoms with Gasteiger partial charge in [-0.05, 0) is 30.0 Å². The third kappa shape index (κ3) is 7.54. The second-order valence-corrected chi connectivity index (χ2v) is 7.27. The van der Waals surface area contributed by atoms with Crippen molar-refractivity contribution < 1.29 is 14.6 Å². The molecule has 0 amide bonds. The zero-order valence-corrected chi connectivity index (χ0v) is 15.2. The lowest BCUT2D eigenvalue weighted by atomic mass is 9.86. The minimum atomic E-state index is -0.191. The van der Waals surface area contributed by atoms with Gasteiger partial charge in [0.1, 0.15) is 11.5 Å². The van der Waals surface area contributed by atoms with Crippen LogP contribution in [-0.2, 0) is 10.2 Å². The SMILES string of the molecule is CCCCCCCCCC(=O)Oc1ccc(O)c(C(C)(C)C)c1. The molecule has 0 fully saturated rings. The van der Waals surface area contributed by atoms with Gasteiger partial charge in [0.05, 0.1) is 0 Å².